The van der Waals surface area contributed by atoms with Gasteiger partial charge in [0.2, 0.25) is 0 Å². The van der Waals surface area contributed by atoms with Crippen LogP contribution in [0.4, 0.5) is 0 Å². The molecule has 2 aromatic rings. The normalized spacial score (nSPS) is 10.3. The molecule has 0 aliphatic heterocycles. The predicted octanol–water partition coefficient (Wildman–Crippen LogP) is 2.16. The molecule has 0 bridgehead atoms. The summed E-state index contributed by atoms with van der Waals surface area (Å²) >= 11 is 2.48. The average Bonchev–Trinajstić information content (AvgIpc) is 2.22. The van der Waals surface area contributed by atoms with Crippen molar-refractivity contribution in [2.24, 2.45) is 0 Å². The van der Waals surface area contributed by atoms with Crippen molar-refractivity contribution in [1.29, 1.82) is 0 Å². The van der Waals surface area contributed by atoms with Gasteiger partial charge in [-0.3, -0.25) is 0 Å². The molecule has 1 N–H and O–H groups in total. The van der Waals surface area contributed by atoms with E-state index in [2.05, 4.69) is 22.9 Å². The Morgan fingerprint density at radius 3 is 2.60 bits per heavy atom. The van der Waals surface area contributed by atoms with E-state index in [9.17, 15) is 5.11 Å². The third-order valence-electron chi connectivity index (χ3n) is 2.31. The van der Waals surface area contributed by atoms with Gasteiger partial charge in [0.25, 0.3) is 0 Å². The van der Waals surface area contributed by atoms with Gasteiger partial charge in [0.15, 0.2) is 0 Å². The molecule has 74 valence electrons. The van der Waals surface area contributed by atoms with Gasteiger partial charge in [-0.15, -0.1) is 0 Å². The molecule has 0 unspecified atom stereocenters. The summed E-state index contributed by atoms with van der Waals surface area (Å²) in [7, 11) is 0. The van der Waals surface area contributed by atoms with Crippen molar-refractivity contribution in [2.45, 2.75) is 6.92 Å². The van der Waals surface area contributed by atoms with Gasteiger partial charge < -0.3 is 0 Å². The van der Waals surface area contributed by atoms with Crippen molar-refractivity contribution in [3.05, 3.63) is 48.0 Å². The Morgan fingerprint density at radius 1 is 1.07 bits per heavy atom. The first-order chi connectivity index (χ1) is 7.16. The van der Waals surface area contributed by atoms with E-state index >= 15 is 0 Å². The third kappa shape index (κ3) is 2.24. The Hall–Kier alpha value is -1.20. The van der Waals surface area contributed by atoms with Crippen LogP contribution in [0.3, 0.4) is 0 Å². The number of benzene rings is 2. The molecule has 0 amide bonds. The summed E-state index contributed by atoms with van der Waals surface area (Å²) in [6.45, 7) is 2.05. The van der Waals surface area contributed by atoms with Crippen LogP contribution in [-0.2, 0) is 0 Å². The van der Waals surface area contributed by atoms with E-state index in [0.29, 0.717) is 5.75 Å². The SMILES string of the molecule is Cc1cccc(-c2cc([As])ccc2O)c1. The zero-order valence-electron chi connectivity index (χ0n) is 8.44. The molecule has 0 spiro atoms. The molecule has 2 aromatic carbocycles. The summed E-state index contributed by atoms with van der Waals surface area (Å²) in [6.07, 6.45) is 0. The number of hydrogen-bond donors (Lipinski definition) is 1. The first-order valence-electron chi connectivity index (χ1n) is 4.76. The molecule has 1 nitrogen and oxygen atoms in total. The van der Waals surface area contributed by atoms with Crippen molar-refractivity contribution >= 4 is 21.2 Å². The predicted molar refractivity (Wildman–Crippen MR) is 63.7 cm³/mol. The molecule has 0 saturated heterocycles. The van der Waals surface area contributed by atoms with E-state index < -0.39 is 0 Å². The van der Waals surface area contributed by atoms with E-state index in [0.717, 1.165) is 15.5 Å². The van der Waals surface area contributed by atoms with Gasteiger partial charge in [-0.1, -0.05) is 0 Å². The zero-order chi connectivity index (χ0) is 10.8. The summed E-state index contributed by atoms with van der Waals surface area (Å²) in [4.78, 5) is 0. The summed E-state index contributed by atoms with van der Waals surface area (Å²) in [5.74, 6) is 0.329. The van der Waals surface area contributed by atoms with Crippen LogP contribution in [0.5, 0.6) is 5.75 Å². The summed E-state index contributed by atoms with van der Waals surface area (Å²) in [5.41, 5.74) is 3.14. The summed E-state index contributed by atoms with van der Waals surface area (Å²) < 4.78 is 1.09. The van der Waals surface area contributed by atoms with Crippen LogP contribution in [0.15, 0.2) is 42.5 Å². The Morgan fingerprint density at radius 2 is 1.87 bits per heavy atom. The van der Waals surface area contributed by atoms with Crippen LogP contribution in [0.2, 0.25) is 0 Å². The van der Waals surface area contributed by atoms with Gasteiger partial charge in [-0.05, 0) is 0 Å². The van der Waals surface area contributed by atoms with Crippen molar-refractivity contribution < 1.29 is 5.11 Å². The molecular formula is C13H11AsO. The Bertz CT molecular complexity index is 492. The molecule has 0 saturated carbocycles. The summed E-state index contributed by atoms with van der Waals surface area (Å²) in [6, 6.07) is 13.7. The van der Waals surface area contributed by atoms with Crippen LogP contribution in [0.25, 0.3) is 11.1 Å². The molecule has 15 heavy (non-hydrogen) atoms. The monoisotopic (exact) mass is 258 g/mol. The zero-order valence-corrected chi connectivity index (χ0v) is 10.3. The molecule has 0 atom stereocenters. The van der Waals surface area contributed by atoms with Gasteiger partial charge in [0.05, 0.1) is 0 Å². The minimum atomic E-state index is 0.329. The van der Waals surface area contributed by atoms with Crippen molar-refractivity contribution in [1.82, 2.24) is 0 Å². The van der Waals surface area contributed by atoms with E-state index in [1.807, 2.05) is 37.3 Å². The van der Waals surface area contributed by atoms with Crippen molar-refractivity contribution in [2.75, 3.05) is 0 Å². The number of aromatic hydroxyl groups is 1. The average molecular weight is 258 g/mol. The van der Waals surface area contributed by atoms with Crippen LogP contribution in [0, 0.1) is 6.92 Å². The second-order valence-electron chi connectivity index (χ2n) is 3.57. The Balaban J connectivity index is 2.58. The van der Waals surface area contributed by atoms with Gasteiger partial charge in [0, 0.05) is 0 Å². The van der Waals surface area contributed by atoms with Gasteiger partial charge in [0.1, 0.15) is 0 Å². The maximum absolute atomic E-state index is 9.77. The van der Waals surface area contributed by atoms with Gasteiger partial charge >= 0.3 is 98.1 Å². The van der Waals surface area contributed by atoms with Crippen molar-refractivity contribution in [3.8, 4) is 16.9 Å². The summed E-state index contributed by atoms with van der Waals surface area (Å²) in [5, 5.41) is 9.77. The number of rotatable bonds is 1. The molecule has 0 aliphatic rings. The quantitative estimate of drug-likeness (QED) is 0.777. The molecule has 0 aliphatic carbocycles. The number of phenols is 1. The fourth-order valence-electron chi connectivity index (χ4n) is 1.57. The van der Waals surface area contributed by atoms with Crippen LogP contribution < -0.4 is 4.35 Å². The van der Waals surface area contributed by atoms with Crippen LogP contribution >= 0.6 is 0 Å². The van der Waals surface area contributed by atoms with Crippen molar-refractivity contribution in [3.63, 3.8) is 0 Å². The second kappa shape index (κ2) is 4.12. The second-order valence-corrected chi connectivity index (χ2v) is 4.65. The van der Waals surface area contributed by atoms with E-state index in [-0.39, 0.29) is 0 Å². The topological polar surface area (TPSA) is 20.2 Å². The standard InChI is InChI=1S/C13H11AsO/c1-9-3-2-4-10(7-9)12-8-11(14)5-6-13(12)15/h2-8,15H,1H3. The van der Waals surface area contributed by atoms with Crippen LogP contribution in [0.1, 0.15) is 5.56 Å². The Kier molecular flexibility index (Phi) is 2.83. The third-order valence-corrected chi connectivity index (χ3v) is 2.89. The number of phenolic OH excluding ortho intramolecular Hbond substituents is 1. The molecule has 2 radical (unpaired) electrons. The fourth-order valence-corrected chi connectivity index (χ4v) is 2.00. The fraction of sp³-hybridized carbons (Fsp3) is 0.0769. The maximum atomic E-state index is 9.77. The minimum absolute atomic E-state index is 0.329. The van der Waals surface area contributed by atoms with Gasteiger partial charge in [-0.25, -0.2) is 0 Å². The van der Waals surface area contributed by atoms with E-state index in [4.69, 9.17) is 0 Å². The van der Waals surface area contributed by atoms with Crippen LogP contribution in [-0.4, -0.2) is 22.0 Å². The molecule has 2 rings (SSSR count). The first kappa shape index (κ1) is 10.3. The molecule has 0 aromatic heterocycles. The molecule has 0 fully saturated rings. The van der Waals surface area contributed by atoms with E-state index in [1.165, 1.54) is 5.56 Å². The molecular weight excluding hydrogens is 247 g/mol. The number of hydrogen-bond acceptors (Lipinski definition) is 1. The molecule has 0 heterocycles. The molecule has 2 heteroatoms. The van der Waals surface area contributed by atoms with E-state index in [1.54, 1.807) is 6.07 Å². The van der Waals surface area contributed by atoms with Gasteiger partial charge in [-0.2, -0.15) is 0 Å². The first-order valence-corrected chi connectivity index (χ1v) is 5.69. The Labute approximate surface area is 98.3 Å². The number of aryl methyl sites for hydroxylation is 1.